The van der Waals surface area contributed by atoms with Crippen LogP contribution in [0.15, 0.2) is 59.6 Å². The van der Waals surface area contributed by atoms with Gasteiger partial charge >= 0.3 is 0 Å². The van der Waals surface area contributed by atoms with Crippen LogP contribution in [0.5, 0.6) is 5.75 Å². The molecule has 0 bridgehead atoms. The minimum Gasteiger partial charge on any atom is -0.496 e. The third-order valence-electron chi connectivity index (χ3n) is 5.83. The molecule has 4 rings (SSSR count). The molecule has 1 fully saturated rings. The normalized spacial score (nSPS) is 14.9. The Bertz CT molecular complexity index is 1220. The summed E-state index contributed by atoms with van der Waals surface area (Å²) in [6.07, 6.45) is 8.31. The van der Waals surface area contributed by atoms with Gasteiger partial charge in [-0.3, -0.25) is 9.69 Å². The summed E-state index contributed by atoms with van der Waals surface area (Å²) in [4.78, 5) is 15.5. The fourth-order valence-corrected chi connectivity index (χ4v) is 5.29. The molecule has 0 radical (unpaired) electrons. The molecule has 0 aliphatic carbocycles. The van der Waals surface area contributed by atoms with Gasteiger partial charge in [-0.25, -0.2) is 4.68 Å². The fraction of sp³-hybridized carbons (Fsp3) is 0.296. The molecular weight excluding hydrogens is 462 g/mol. The zero-order chi connectivity index (χ0) is 24.1. The first kappa shape index (κ1) is 24.2. The number of unbranched alkanes of at least 4 members (excludes halogenated alkanes) is 3. The van der Waals surface area contributed by atoms with E-state index in [1.54, 1.807) is 12.0 Å². The number of carbonyl (C=O) groups is 1. The summed E-state index contributed by atoms with van der Waals surface area (Å²) < 4.78 is 7.91. The molecule has 1 amide bonds. The van der Waals surface area contributed by atoms with Crippen LogP contribution >= 0.6 is 24.0 Å². The Balaban J connectivity index is 1.70. The van der Waals surface area contributed by atoms with Gasteiger partial charge in [0.1, 0.15) is 15.8 Å². The van der Waals surface area contributed by atoms with E-state index in [-0.39, 0.29) is 5.91 Å². The van der Waals surface area contributed by atoms with Gasteiger partial charge in [0.25, 0.3) is 5.91 Å². The number of nitrogens with zero attached hydrogens (tertiary/aromatic N) is 3. The number of rotatable bonds is 9. The molecule has 2 heterocycles. The number of thioether (sulfide) groups is 1. The molecule has 1 aliphatic rings. The molecule has 2 aromatic carbocycles. The number of amides is 1. The second-order valence-corrected chi connectivity index (χ2v) is 9.97. The largest absolute Gasteiger partial charge is 0.496 e. The first-order valence-corrected chi connectivity index (χ1v) is 12.8. The fourth-order valence-electron chi connectivity index (χ4n) is 3.99. The van der Waals surface area contributed by atoms with Crippen LogP contribution in [0.3, 0.4) is 0 Å². The number of thiocarbonyl (C=S) groups is 1. The molecule has 0 unspecified atom stereocenters. The Labute approximate surface area is 210 Å². The second-order valence-electron chi connectivity index (χ2n) is 8.29. The van der Waals surface area contributed by atoms with Gasteiger partial charge in [-0.1, -0.05) is 68.4 Å². The van der Waals surface area contributed by atoms with Gasteiger partial charge in [0.05, 0.1) is 17.7 Å². The molecule has 34 heavy (non-hydrogen) atoms. The molecule has 5 nitrogen and oxygen atoms in total. The Hall–Kier alpha value is -2.90. The van der Waals surface area contributed by atoms with Gasteiger partial charge in [-0.15, -0.1) is 0 Å². The topological polar surface area (TPSA) is 47.4 Å². The van der Waals surface area contributed by atoms with Crippen molar-refractivity contribution in [3.63, 3.8) is 0 Å². The van der Waals surface area contributed by atoms with Crippen molar-refractivity contribution >= 4 is 40.3 Å². The van der Waals surface area contributed by atoms with Crippen LogP contribution < -0.4 is 4.74 Å². The third-order valence-corrected chi connectivity index (χ3v) is 7.20. The maximum absolute atomic E-state index is 13.2. The predicted molar refractivity (Wildman–Crippen MR) is 144 cm³/mol. The van der Waals surface area contributed by atoms with Crippen molar-refractivity contribution in [2.45, 2.75) is 39.5 Å². The van der Waals surface area contributed by atoms with Gasteiger partial charge in [-0.05, 0) is 55.3 Å². The minimum atomic E-state index is -0.0178. The quantitative estimate of drug-likeness (QED) is 0.191. The smallest absolute Gasteiger partial charge is 0.266 e. The second kappa shape index (κ2) is 11.0. The lowest BCUT2D eigenvalue weighted by Gasteiger charge is -2.13. The highest BCUT2D eigenvalue weighted by atomic mass is 32.2. The first-order valence-electron chi connectivity index (χ1n) is 11.6. The van der Waals surface area contributed by atoms with E-state index in [9.17, 15) is 4.79 Å². The monoisotopic (exact) mass is 491 g/mol. The van der Waals surface area contributed by atoms with E-state index in [1.807, 2.05) is 66.3 Å². The molecule has 0 spiro atoms. The van der Waals surface area contributed by atoms with Crippen molar-refractivity contribution < 1.29 is 9.53 Å². The molecule has 7 heteroatoms. The highest BCUT2D eigenvalue weighted by Gasteiger charge is 2.32. The van der Waals surface area contributed by atoms with E-state index < -0.39 is 0 Å². The zero-order valence-corrected chi connectivity index (χ0v) is 21.4. The van der Waals surface area contributed by atoms with Crippen molar-refractivity contribution in [2.75, 3.05) is 13.7 Å². The molecule has 1 aliphatic heterocycles. The summed E-state index contributed by atoms with van der Waals surface area (Å²) in [6.45, 7) is 4.87. The van der Waals surface area contributed by atoms with E-state index in [0.29, 0.717) is 15.8 Å². The number of aromatic nitrogens is 2. The standard InChI is InChI=1S/C27H29N3O2S2/c1-4-5-6-10-15-29-26(31)24(34-27(29)33)17-21-18-30(22-11-8-7-9-12-22)28-25(21)20-13-14-23(32-3)19(2)16-20/h7-9,11-14,16-18H,4-6,10,15H2,1-3H3. The van der Waals surface area contributed by atoms with Crippen LogP contribution in [-0.4, -0.2) is 38.6 Å². The van der Waals surface area contributed by atoms with Gasteiger partial charge < -0.3 is 4.74 Å². The Morgan fingerprint density at radius 1 is 1.12 bits per heavy atom. The van der Waals surface area contributed by atoms with Crippen molar-refractivity contribution in [3.8, 4) is 22.7 Å². The van der Waals surface area contributed by atoms with Crippen LogP contribution in [0, 0.1) is 6.92 Å². The van der Waals surface area contributed by atoms with Crippen molar-refractivity contribution in [1.29, 1.82) is 0 Å². The summed E-state index contributed by atoms with van der Waals surface area (Å²) in [5, 5.41) is 4.89. The lowest BCUT2D eigenvalue weighted by Crippen LogP contribution is -2.29. The SMILES string of the molecule is CCCCCCN1C(=O)C(=Cc2cn(-c3ccccc3)nc2-c2ccc(OC)c(C)c2)SC1=S. The summed E-state index contributed by atoms with van der Waals surface area (Å²) in [5.41, 5.74) is 4.63. The molecule has 0 N–H and O–H groups in total. The number of carbonyl (C=O) groups excluding carboxylic acids is 1. The van der Waals surface area contributed by atoms with Crippen LogP contribution in [0.4, 0.5) is 0 Å². The number of hydrogen-bond donors (Lipinski definition) is 0. The predicted octanol–water partition coefficient (Wildman–Crippen LogP) is 6.64. The van der Waals surface area contributed by atoms with Crippen molar-refractivity contribution in [1.82, 2.24) is 14.7 Å². The van der Waals surface area contributed by atoms with E-state index in [2.05, 4.69) is 13.0 Å². The summed E-state index contributed by atoms with van der Waals surface area (Å²) >= 11 is 6.90. The number of benzene rings is 2. The van der Waals surface area contributed by atoms with E-state index in [0.717, 1.165) is 53.1 Å². The molecular formula is C27H29N3O2S2. The van der Waals surface area contributed by atoms with Crippen LogP contribution in [0.25, 0.3) is 23.0 Å². The third kappa shape index (κ3) is 5.26. The average molecular weight is 492 g/mol. The van der Waals surface area contributed by atoms with Gasteiger partial charge in [0, 0.05) is 23.9 Å². The minimum absolute atomic E-state index is 0.0178. The Kier molecular flexibility index (Phi) is 7.85. The van der Waals surface area contributed by atoms with Crippen LogP contribution in [0.2, 0.25) is 0 Å². The molecule has 0 saturated carbocycles. The first-order chi connectivity index (χ1) is 16.5. The molecule has 1 saturated heterocycles. The molecule has 3 aromatic rings. The van der Waals surface area contributed by atoms with Crippen molar-refractivity contribution in [2.24, 2.45) is 0 Å². The van der Waals surface area contributed by atoms with E-state index in [4.69, 9.17) is 22.1 Å². The highest BCUT2D eigenvalue weighted by molar-refractivity contribution is 8.26. The highest BCUT2D eigenvalue weighted by Crippen LogP contribution is 2.35. The number of hydrogen-bond acceptors (Lipinski definition) is 5. The maximum atomic E-state index is 13.2. The van der Waals surface area contributed by atoms with E-state index in [1.165, 1.54) is 18.2 Å². The number of methoxy groups -OCH3 is 1. The Morgan fingerprint density at radius 2 is 1.91 bits per heavy atom. The summed E-state index contributed by atoms with van der Waals surface area (Å²) in [7, 11) is 1.67. The van der Waals surface area contributed by atoms with Gasteiger partial charge in [0.2, 0.25) is 0 Å². The lowest BCUT2D eigenvalue weighted by atomic mass is 10.0. The lowest BCUT2D eigenvalue weighted by molar-refractivity contribution is -0.122. The summed E-state index contributed by atoms with van der Waals surface area (Å²) in [5.74, 6) is 0.813. The summed E-state index contributed by atoms with van der Waals surface area (Å²) in [6, 6.07) is 16.0. The van der Waals surface area contributed by atoms with Crippen molar-refractivity contribution in [3.05, 3.63) is 70.8 Å². The van der Waals surface area contributed by atoms with Gasteiger partial charge in [0.15, 0.2) is 0 Å². The zero-order valence-electron chi connectivity index (χ0n) is 19.8. The molecule has 1 aromatic heterocycles. The number of aryl methyl sites for hydroxylation is 1. The van der Waals surface area contributed by atoms with Gasteiger partial charge in [-0.2, -0.15) is 5.10 Å². The average Bonchev–Trinajstić information content (AvgIpc) is 3.38. The Morgan fingerprint density at radius 3 is 2.62 bits per heavy atom. The number of ether oxygens (including phenoxy) is 1. The number of para-hydroxylation sites is 1. The molecule has 176 valence electrons. The maximum Gasteiger partial charge on any atom is 0.266 e. The molecule has 0 atom stereocenters. The van der Waals surface area contributed by atoms with Crippen LogP contribution in [-0.2, 0) is 4.79 Å². The van der Waals surface area contributed by atoms with E-state index >= 15 is 0 Å². The van der Waals surface area contributed by atoms with Crippen LogP contribution in [0.1, 0.15) is 43.7 Å².